The third-order valence-corrected chi connectivity index (χ3v) is 4.07. The number of anilines is 1. The van der Waals surface area contributed by atoms with Crippen LogP contribution in [0.4, 0.5) is 5.69 Å². The maximum Gasteiger partial charge on any atom is 0.293 e. The fraction of sp³-hybridized carbons (Fsp3) is 0. The molecule has 0 aromatic heterocycles. The van der Waals surface area contributed by atoms with E-state index in [1.54, 1.807) is 24.3 Å². The number of benzene rings is 2. The molecule has 4 nitrogen and oxygen atoms in total. The SMILES string of the molecule is Nc1ccc2ccc(S(=O)(=O)O)[c]([Al])c2c1. The van der Waals surface area contributed by atoms with Gasteiger partial charge < -0.3 is 5.73 Å². The molecule has 80 valence electrons. The Hall–Kier alpha value is -1.06. The van der Waals surface area contributed by atoms with Gasteiger partial charge >= 0.3 is 0 Å². The molecule has 0 aliphatic rings. The van der Waals surface area contributed by atoms with Gasteiger partial charge in [0.15, 0.2) is 16.3 Å². The Labute approximate surface area is 101 Å². The van der Waals surface area contributed by atoms with Crippen molar-refractivity contribution in [3.8, 4) is 0 Å². The topological polar surface area (TPSA) is 80.4 Å². The highest BCUT2D eigenvalue weighted by Gasteiger charge is 2.13. The van der Waals surface area contributed by atoms with E-state index in [0.29, 0.717) is 15.5 Å². The van der Waals surface area contributed by atoms with Gasteiger partial charge in [-0.1, -0.05) is 12.1 Å². The first-order valence-electron chi connectivity index (χ1n) is 4.45. The molecule has 0 aliphatic carbocycles. The van der Waals surface area contributed by atoms with E-state index in [2.05, 4.69) is 16.3 Å². The molecule has 0 bridgehead atoms. The van der Waals surface area contributed by atoms with Gasteiger partial charge in [-0.15, -0.1) is 4.43 Å². The molecule has 2 rings (SSSR count). The van der Waals surface area contributed by atoms with Gasteiger partial charge in [0, 0.05) is 5.69 Å². The van der Waals surface area contributed by atoms with Crippen LogP contribution in [-0.2, 0) is 10.1 Å². The Bertz CT molecular complexity index is 667. The maximum atomic E-state index is 11.1. The first-order chi connectivity index (χ1) is 7.39. The Morgan fingerprint density at radius 2 is 1.81 bits per heavy atom. The van der Waals surface area contributed by atoms with Crippen LogP contribution < -0.4 is 10.2 Å². The number of rotatable bonds is 1. The number of nitrogen functional groups attached to an aromatic ring is 1. The largest absolute Gasteiger partial charge is 0.399 e. The molecule has 3 N–H and O–H groups in total. The normalized spacial score (nSPS) is 11.8. The Morgan fingerprint density at radius 3 is 2.44 bits per heavy atom. The van der Waals surface area contributed by atoms with Crippen LogP contribution >= 0.6 is 0 Å². The van der Waals surface area contributed by atoms with E-state index in [-0.39, 0.29) is 4.90 Å². The van der Waals surface area contributed by atoms with Crippen molar-refractivity contribution in [1.82, 2.24) is 0 Å². The second-order valence-electron chi connectivity index (χ2n) is 3.43. The third-order valence-electron chi connectivity index (χ3n) is 2.33. The maximum absolute atomic E-state index is 11.1. The summed E-state index contributed by atoms with van der Waals surface area (Å²) < 4.78 is 31.6. The lowest BCUT2D eigenvalue weighted by Gasteiger charge is -2.08. The minimum atomic E-state index is -4.20. The van der Waals surface area contributed by atoms with E-state index in [4.69, 9.17) is 10.3 Å². The minimum absolute atomic E-state index is 0.115. The van der Waals surface area contributed by atoms with Crippen LogP contribution in [0.15, 0.2) is 35.2 Å². The molecule has 0 unspecified atom stereocenters. The van der Waals surface area contributed by atoms with Crippen molar-refractivity contribution >= 4 is 47.3 Å². The minimum Gasteiger partial charge on any atom is -0.399 e. The number of hydrogen-bond donors (Lipinski definition) is 2. The lowest BCUT2D eigenvalue weighted by molar-refractivity contribution is 0.484. The van der Waals surface area contributed by atoms with E-state index >= 15 is 0 Å². The first-order valence-corrected chi connectivity index (χ1v) is 6.46. The molecule has 2 radical (unpaired) electrons. The highest BCUT2D eigenvalue weighted by Crippen LogP contribution is 2.18. The molecule has 0 atom stereocenters. The second kappa shape index (κ2) is 3.75. The van der Waals surface area contributed by atoms with Gasteiger partial charge in [-0.3, -0.25) is 4.55 Å². The van der Waals surface area contributed by atoms with Crippen molar-refractivity contribution in [2.24, 2.45) is 0 Å². The third kappa shape index (κ3) is 1.93. The zero-order valence-electron chi connectivity index (χ0n) is 8.21. The molecular formula is C10H8AlNO3S. The quantitative estimate of drug-likeness (QED) is 0.437. The summed E-state index contributed by atoms with van der Waals surface area (Å²) in [4.78, 5) is -0.115. The summed E-state index contributed by atoms with van der Waals surface area (Å²) in [6.45, 7) is 0. The molecule has 16 heavy (non-hydrogen) atoms. The average Bonchev–Trinajstić information content (AvgIpc) is 2.17. The van der Waals surface area contributed by atoms with E-state index in [1.165, 1.54) is 6.07 Å². The van der Waals surface area contributed by atoms with Crippen molar-refractivity contribution in [2.45, 2.75) is 4.90 Å². The van der Waals surface area contributed by atoms with Gasteiger partial charge in [0.2, 0.25) is 0 Å². The predicted octanol–water partition coefficient (Wildman–Crippen LogP) is 0.463. The van der Waals surface area contributed by atoms with Crippen molar-refractivity contribution in [3.63, 3.8) is 0 Å². The highest BCUT2D eigenvalue weighted by atomic mass is 32.2. The van der Waals surface area contributed by atoms with Crippen LogP contribution in [0.1, 0.15) is 0 Å². The monoisotopic (exact) mass is 249 g/mol. The van der Waals surface area contributed by atoms with Gasteiger partial charge in [-0.25, -0.2) is 0 Å². The van der Waals surface area contributed by atoms with E-state index in [1.807, 2.05) is 0 Å². The van der Waals surface area contributed by atoms with Gasteiger partial charge in [0.25, 0.3) is 10.1 Å². The molecule has 6 heteroatoms. The molecule has 0 saturated heterocycles. The first kappa shape index (κ1) is 11.4. The molecule has 0 fully saturated rings. The predicted molar refractivity (Wildman–Crippen MR) is 63.6 cm³/mol. The average molecular weight is 249 g/mol. The van der Waals surface area contributed by atoms with Crippen molar-refractivity contribution < 1.29 is 13.0 Å². The standard InChI is InChI=1S/C10H8NO3S.Al/c11-9-3-1-7-2-4-10(15(12,13)14)6-8(7)5-9;/h1-5H,11H2,(H,12,13,14);. The van der Waals surface area contributed by atoms with Crippen LogP contribution in [-0.4, -0.2) is 29.3 Å². The Morgan fingerprint density at radius 1 is 1.19 bits per heavy atom. The van der Waals surface area contributed by atoms with Crippen molar-refractivity contribution in [1.29, 1.82) is 0 Å². The molecular weight excluding hydrogens is 241 g/mol. The molecule has 0 spiro atoms. The fourth-order valence-corrected chi connectivity index (χ4v) is 2.99. The smallest absolute Gasteiger partial charge is 0.293 e. The molecule has 0 aliphatic heterocycles. The summed E-state index contributed by atoms with van der Waals surface area (Å²) in [5.41, 5.74) is 6.18. The molecule has 0 amide bonds. The second-order valence-corrected chi connectivity index (χ2v) is 5.40. The van der Waals surface area contributed by atoms with E-state index in [9.17, 15) is 8.42 Å². The van der Waals surface area contributed by atoms with E-state index < -0.39 is 10.1 Å². The van der Waals surface area contributed by atoms with Crippen LogP contribution in [0.5, 0.6) is 0 Å². The molecule has 0 heterocycles. The Kier molecular flexibility index (Phi) is 2.68. The lowest BCUT2D eigenvalue weighted by Crippen LogP contribution is -2.16. The van der Waals surface area contributed by atoms with Crippen LogP contribution in [0, 0.1) is 0 Å². The van der Waals surface area contributed by atoms with Crippen LogP contribution in [0.2, 0.25) is 0 Å². The summed E-state index contributed by atoms with van der Waals surface area (Å²) in [5.74, 6) is 0. The van der Waals surface area contributed by atoms with Crippen molar-refractivity contribution in [3.05, 3.63) is 30.3 Å². The van der Waals surface area contributed by atoms with Gasteiger partial charge in [0.1, 0.15) is 0 Å². The summed E-state index contributed by atoms with van der Waals surface area (Å²) in [5, 5.41) is 1.56. The zero-order valence-corrected chi connectivity index (χ0v) is 10.2. The molecule has 0 saturated carbocycles. The van der Waals surface area contributed by atoms with Crippen LogP contribution in [0.3, 0.4) is 0 Å². The number of hydrogen-bond acceptors (Lipinski definition) is 3. The summed E-state index contributed by atoms with van der Waals surface area (Å²) in [7, 11) is -4.20. The van der Waals surface area contributed by atoms with E-state index in [0.717, 1.165) is 5.39 Å². The highest BCUT2D eigenvalue weighted by molar-refractivity contribution is 7.86. The summed E-state index contributed by atoms with van der Waals surface area (Å²) in [6.07, 6.45) is 0. The number of fused-ring (bicyclic) bond motifs is 1. The molecule has 2 aromatic rings. The van der Waals surface area contributed by atoms with Crippen LogP contribution in [0.25, 0.3) is 10.8 Å². The summed E-state index contributed by atoms with van der Waals surface area (Å²) in [6, 6.07) is 8.21. The zero-order chi connectivity index (χ0) is 11.9. The lowest BCUT2D eigenvalue weighted by atomic mass is 10.1. The van der Waals surface area contributed by atoms with Gasteiger partial charge in [0.05, 0.1) is 4.90 Å². The number of nitrogens with two attached hydrogens (primary N) is 1. The Balaban J connectivity index is 2.89. The van der Waals surface area contributed by atoms with Crippen molar-refractivity contribution in [2.75, 3.05) is 5.73 Å². The van der Waals surface area contributed by atoms with Gasteiger partial charge in [-0.2, -0.15) is 8.42 Å². The summed E-state index contributed by atoms with van der Waals surface area (Å²) >= 11 is 2.32. The fourth-order valence-electron chi connectivity index (χ4n) is 1.57. The van der Waals surface area contributed by atoms with Gasteiger partial charge in [-0.05, 0) is 29.0 Å². The molecule has 2 aromatic carbocycles.